The second-order valence-electron chi connectivity index (χ2n) is 7.55. The van der Waals surface area contributed by atoms with Crippen LogP contribution in [0.2, 0.25) is 0 Å². The maximum atomic E-state index is 12.7. The first-order valence-electron chi connectivity index (χ1n) is 9.74. The van der Waals surface area contributed by atoms with Crippen molar-refractivity contribution in [3.8, 4) is 5.69 Å². The van der Waals surface area contributed by atoms with E-state index in [1.165, 1.54) is 0 Å². The lowest BCUT2D eigenvalue weighted by molar-refractivity contribution is -0.122. The smallest absolute Gasteiger partial charge is 0.339 e. The fourth-order valence-electron chi connectivity index (χ4n) is 4.28. The summed E-state index contributed by atoms with van der Waals surface area (Å²) in [6.45, 7) is 0. The van der Waals surface area contributed by atoms with Crippen LogP contribution in [-0.4, -0.2) is 26.6 Å². The van der Waals surface area contributed by atoms with Crippen molar-refractivity contribution in [2.75, 3.05) is 5.32 Å². The van der Waals surface area contributed by atoms with Crippen molar-refractivity contribution in [3.05, 3.63) is 72.2 Å². The average molecular weight is 388 g/mol. The molecule has 0 unspecified atom stereocenters. The van der Waals surface area contributed by atoms with Gasteiger partial charge in [-0.2, -0.15) is 5.10 Å². The largest absolute Gasteiger partial charge is 0.450 e. The Labute approximate surface area is 167 Å². The number of para-hydroxylation sites is 1. The number of nitrogens with zero attached hydrogens (tertiary/aromatic N) is 3. The molecule has 5 rings (SSSR count). The predicted molar refractivity (Wildman–Crippen MR) is 105 cm³/mol. The number of carbonyl (C=O) groups is 2. The van der Waals surface area contributed by atoms with Crippen LogP contribution in [0.25, 0.3) is 5.69 Å². The molecule has 29 heavy (non-hydrogen) atoms. The molecule has 1 spiro atoms. The van der Waals surface area contributed by atoms with Crippen molar-refractivity contribution < 1.29 is 14.3 Å². The van der Waals surface area contributed by atoms with Crippen molar-refractivity contribution in [1.82, 2.24) is 14.8 Å². The van der Waals surface area contributed by atoms with Crippen LogP contribution in [0.5, 0.6) is 0 Å². The maximum absolute atomic E-state index is 12.7. The van der Waals surface area contributed by atoms with Crippen LogP contribution in [0.3, 0.4) is 0 Å². The van der Waals surface area contributed by atoms with Gasteiger partial charge in [-0.15, -0.1) is 0 Å². The highest BCUT2D eigenvalue weighted by Crippen LogP contribution is 2.47. The number of amides is 1. The molecular formula is C22H20N4O3. The molecule has 0 bridgehead atoms. The number of nitrogens with one attached hydrogen (secondary N) is 1. The summed E-state index contributed by atoms with van der Waals surface area (Å²) in [6, 6.07) is 13.2. The van der Waals surface area contributed by atoms with Gasteiger partial charge in [0.2, 0.25) is 5.91 Å². The third-order valence-electron chi connectivity index (χ3n) is 5.85. The third-order valence-corrected chi connectivity index (χ3v) is 5.85. The topological polar surface area (TPSA) is 86.1 Å². The third kappa shape index (κ3) is 3.08. The van der Waals surface area contributed by atoms with Crippen LogP contribution < -0.4 is 5.32 Å². The van der Waals surface area contributed by atoms with E-state index in [2.05, 4.69) is 15.4 Å². The molecule has 2 aliphatic rings. The van der Waals surface area contributed by atoms with Crippen molar-refractivity contribution in [3.63, 3.8) is 0 Å². The number of pyridine rings is 1. The van der Waals surface area contributed by atoms with E-state index in [1.807, 2.05) is 36.5 Å². The lowest BCUT2D eigenvalue weighted by Gasteiger charge is -2.35. The molecule has 1 aliphatic heterocycles. The summed E-state index contributed by atoms with van der Waals surface area (Å²) in [5.74, 6) is 0.0496. The second kappa shape index (κ2) is 6.84. The molecule has 0 atom stereocenters. The number of hydrogen-bond acceptors (Lipinski definition) is 5. The number of esters is 1. The van der Waals surface area contributed by atoms with Crippen LogP contribution in [-0.2, 0) is 15.1 Å². The minimum atomic E-state index is -0.633. The first-order chi connectivity index (χ1) is 14.1. The molecular weight excluding hydrogens is 368 g/mol. The summed E-state index contributed by atoms with van der Waals surface area (Å²) < 4.78 is 7.46. The lowest BCUT2D eigenvalue weighted by Crippen LogP contribution is -2.36. The van der Waals surface area contributed by atoms with E-state index in [0.29, 0.717) is 37.1 Å². The molecule has 7 nitrogen and oxygen atoms in total. The molecule has 3 aromatic rings. The van der Waals surface area contributed by atoms with Crippen LogP contribution in [0, 0.1) is 5.92 Å². The Morgan fingerprint density at radius 3 is 2.72 bits per heavy atom. The first-order valence-corrected chi connectivity index (χ1v) is 9.74. The van der Waals surface area contributed by atoms with Gasteiger partial charge in [-0.25, -0.2) is 9.48 Å². The van der Waals surface area contributed by atoms with E-state index in [0.717, 1.165) is 11.3 Å². The number of carbonyl (C=O) groups excluding carboxylic acids is 2. The highest BCUT2D eigenvalue weighted by molar-refractivity contribution is 5.95. The summed E-state index contributed by atoms with van der Waals surface area (Å²) in [4.78, 5) is 29.1. The molecule has 1 fully saturated rings. The molecule has 1 aromatic carbocycles. The van der Waals surface area contributed by atoms with E-state index in [-0.39, 0.29) is 17.8 Å². The maximum Gasteiger partial charge on any atom is 0.339 e. The number of anilines is 1. The Balaban J connectivity index is 1.25. The number of benzene rings is 1. The van der Waals surface area contributed by atoms with Crippen molar-refractivity contribution >= 4 is 17.7 Å². The van der Waals surface area contributed by atoms with E-state index in [9.17, 15) is 9.59 Å². The zero-order chi connectivity index (χ0) is 19.8. The van der Waals surface area contributed by atoms with Gasteiger partial charge in [0.05, 0.1) is 11.3 Å². The number of hydrogen-bond donors (Lipinski definition) is 1. The zero-order valence-electron chi connectivity index (χ0n) is 15.7. The first kappa shape index (κ1) is 17.6. The van der Waals surface area contributed by atoms with E-state index >= 15 is 0 Å². The number of rotatable bonds is 3. The Hall–Kier alpha value is -3.48. The summed E-state index contributed by atoms with van der Waals surface area (Å²) in [5.41, 5.74) is 1.74. The minimum Gasteiger partial charge on any atom is -0.450 e. The Kier molecular flexibility index (Phi) is 4.16. The summed E-state index contributed by atoms with van der Waals surface area (Å²) in [5, 5.41) is 7.35. The molecule has 1 saturated carbocycles. The Morgan fingerprint density at radius 1 is 1.14 bits per heavy atom. The van der Waals surface area contributed by atoms with Gasteiger partial charge < -0.3 is 10.1 Å². The number of ether oxygens (including phenoxy) is 1. The number of fused-ring (bicyclic) bond motifs is 2. The normalized spacial score (nSPS) is 22.9. The SMILES string of the molecule is O=C1OC2(CCC(C(=O)Nc3ccn(-c4ccccc4)n3)CC2)c2cnccc21. The minimum absolute atomic E-state index is 0.0473. The van der Waals surface area contributed by atoms with Gasteiger partial charge in [0.15, 0.2) is 5.82 Å². The molecule has 0 saturated heterocycles. The van der Waals surface area contributed by atoms with Crippen molar-refractivity contribution in [2.24, 2.45) is 5.92 Å². The molecule has 0 radical (unpaired) electrons. The highest BCUT2D eigenvalue weighted by Gasteiger charge is 2.48. The predicted octanol–water partition coefficient (Wildman–Crippen LogP) is 3.46. The molecule has 1 amide bonds. The molecule has 7 heteroatoms. The van der Waals surface area contributed by atoms with Gasteiger partial charge in [-0.3, -0.25) is 9.78 Å². The fourth-order valence-corrected chi connectivity index (χ4v) is 4.28. The summed E-state index contributed by atoms with van der Waals surface area (Å²) in [7, 11) is 0. The van der Waals surface area contributed by atoms with Crippen LogP contribution in [0.15, 0.2) is 61.1 Å². The Morgan fingerprint density at radius 2 is 1.93 bits per heavy atom. The summed E-state index contributed by atoms with van der Waals surface area (Å²) in [6.07, 6.45) is 7.67. The fraction of sp³-hybridized carbons (Fsp3) is 0.273. The lowest BCUT2D eigenvalue weighted by atomic mass is 9.75. The molecule has 1 N–H and O–H groups in total. The van der Waals surface area contributed by atoms with Crippen molar-refractivity contribution in [1.29, 1.82) is 0 Å². The molecule has 2 aromatic heterocycles. The van der Waals surface area contributed by atoms with Gasteiger partial charge >= 0.3 is 5.97 Å². The molecule has 3 heterocycles. The average Bonchev–Trinajstić information content (AvgIpc) is 3.33. The molecule has 146 valence electrons. The van der Waals surface area contributed by atoms with Gasteiger partial charge in [0.1, 0.15) is 5.60 Å². The standard InChI is InChI=1S/C22H20N4O3/c27-20(24-19-9-13-26(25-19)16-4-2-1-3-5-16)15-6-10-22(11-7-15)18-14-23-12-8-17(18)21(28)29-22/h1-5,8-9,12-15H,6-7,10-11H2,(H,24,25,27). The Bertz CT molecular complexity index is 1070. The monoisotopic (exact) mass is 388 g/mol. The van der Waals surface area contributed by atoms with Gasteiger partial charge in [0.25, 0.3) is 0 Å². The van der Waals surface area contributed by atoms with Gasteiger partial charge in [0, 0.05) is 36.1 Å². The van der Waals surface area contributed by atoms with E-state index < -0.39 is 5.60 Å². The van der Waals surface area contributed by atoms with Gasteiger partial charge in [-0.05, 0) is 43.9 Å². The van der Waals surface area contributed by atoms with Gasteiger partial charge in [-0.1, -0.05) is 18.2 Å². The van der Waals surface area contributed by atoms with E-state index in [4.69, 9.17) is 4.74 Å². The van der Waals surface area contributed by atoms with Crippen molar-refractivity contribution in [2.45, 2.75) is 31.3 Å². The molecule has 1 aliphatic carbocycles. The van der Waals surface area contributed by atoms with Crippen LogP contribution in [0.1, 0.15) is 41.6 Å². The van der Waals surface area contributed by atoms with E-state index in [1.54, 1.807) is 29.2 Å². The zero-order valence-corrected chi connectivity index (χ0v) is 15.7. The second-order valence-corrected chi connectivity index (χ2v) is 7.55. The van der Waals surface area contributed by atoms with Crippen LogP contribution in [0.4, 0.5) is 5.82 Å². The number of aromatic nitrogens is 3. The van der Waals surface area contributed by atoms with Crippen LogP contribution >= 0.6 is 0 Å². The quantitative estimate of drug-likeness (QED) is 0.695. The summed E-state index contributed by atoms with van der Waals surface area (Å²) >= 11 is 0. The highest BCUT2D eigenvalue weighted by atomic mass is 16.6.